The summed E-state index contributed by atoms with van der Waals surface area (Å²) in [7, 11) is 0. The third-order valence-corrected chi connectivity index (χ3v) is 5.54. The number of anilines is 1. The van der Waals surface area contributed by atoms with Crippen LogP contribution in [0.2, 0.25) is 0 Å². The van der Waals surface area contributed by atoms with Crippen LogP contribution in [0.15, 0.2) is 30.3 Å². The average molecular weight is 340 g/mol. The summed E-state index contributed by atoms with van der Waals surface area (Å²) in [5, 5.41) is 17.9. The molecule has 25 heavy (non-hydrogen) atoms. The van der Waals surface area contributed by atoms with Gasteiger partial charge in [-0.05, 0) is 54.7 Å². The molecule has 4 rings (SSSR count). The second-order valence-corrected chi connectivity index (χ2v) is 7.06. The Morgan fingerprint density at radius 3 is 2.64 bits per heavy atom. The van der Waals surface area contributed by atoms with Gasteiger partial charge in [-0.1, -0.05) is 24.3 Å². The van der Waals surface area contributed by atoms with Crippen molar-refractivity contribution < 1.29 is 14.6 Å². The molecule has 2 aromatic rings. The molecule has 0 aromatic heterocycles. The fraction of sp³-hybridized carbons (Fsp3) is 0.450. The summed E-state index contributed by atoms with van der Waals surface area (Å²) in [5.74, 6) is 0. The number of ether oxygens (including phenoxy) is 1. The van der Waals surface area contributed by atoms with Crippen molar-refractivity contribution in [3.8, 4) is 0 Å². The van der Waals surface area contributed by atoms with E-state index in [0.29, 0.717) is 19.6 Å². The first-order valence-corrected chi connectivity index (χ1v) is 9.02. The predicted molar refractivity (Wildman–Crippen MR) is 98.0 cm³/mol. The third-order valence-electron chi connectivity index (χ3n) is 5.54. The number of rotatable bonds is 4. The Bertz CT molecular complexity index is 781. The summed E-state index contributed by atoms with van der Waals surface area (Å²) < 4.78 is 5.41. The molecule has 132 valence electrons. The number of benzene rings is 2. The van der Waals surface area contributed by atoms with Crippen molar-refractivity contribution in [1.82, 2.24) is 5.32 Å². The highest BCUT2D eigenvalue weighted by Gasteiger charge is 2.33. The molecule has 1 saturated heterocycles. The standard InChI is InChI=1S/C20H24N2O3/c23-11-8-20(9-12-25-13-10-20)22-19(24)21-17-7-6-15-5-4-14-2-1-3-16(17)18(14)15/h1-3,6-7,23H,4-5,8-13H2,(H2,21,22,24). The van der Waals surface area contributed by atoms with Crippen LogP contribution in [0.3, 0.4) is 0 Å². The van der Waals surface area contributed by atoms with Gasteiger partial charge in [0, 0.05) is 30.7 Å². The fourth-order valence-corrected chi connectivity index (χ4v) is 4.16. The molecule has 2 aromatic carbocycles. The highest BCUT2D eigenvalue weighted by atomic mass is 16.5. The number of aliphatic hydroxyl groups is 1. The molecule has 1 aliphatic heterocycles. The molecule has 0 bridgehead atoms. The lowest BCUT2D eigenvalue weighted by molar-refractivity contribution is 0.0330. The van der Waals surface area contributed by atoms with Crippen LogP contribution in [0.1, 0.15) is 30.4 Å². The quantitative estimate of drug-likeness (QED) is 0.801. The molecule has 0 unspecified atom stereocenters. The van der Waals surface area contributed by atoms with Crippen LogP contribution in [0.5, 0.6) is 0 Å². The van der Waals surface area contributed by atoms with Crippen LogP contribution in [-0.2, 0) is 17.6 Å². The van der Waals surface area contributed by atoms with Crippen LogP contribution in [0.25, 0.3) is 10.8 Å². The zero-order valence-corrected chi connectivity index (χ0v) is 14.3. The van der Waals surface area contributed by atoms with E-state index in [2.05, 4.69) is 34.9 Å². The number of carbonyl (C=O) groups is 1. The fourth-order valence-electron chi connectivity index (χ4n) is 4.16. The first kappa shape index (κ1) is 16.4. The number of carbonyl (C=O) groups excluding carboxylic acids is 1. The first-order chi connectivity index (χ1) is 12.2. The molecule has 1 fully saturated rings. The van der Waals surface area contributed by atoms with Gasteiger partial charge in [0.2, 0.25) is 0 Å². The minimum Gasteiger partial charge on any atom is -0.396 e. The molecule has 5 nitrogen and oxygen atoms in total. The molecule has 0 atom stereocenters. The number of nitrogens with one attached hydrogen (secondary N) is 2. The second-order valence-electron chi connectivity index (χ2n) is 7.06. The molecular formula is C20H24N2O3. The van der Waals surface area contributed by atoms with E-state index < -0.39 is 0 Å². The maximum atomic E-state index is 12.6. The van der Waals surface area contributed by atoms with Gasteiger partial charge < -0.3 is 20.5 Å². The van der Waals surface area contributed by atoms with E-state index in [1.807, 2.05) is 6.07 Å². The highest BCUT2D eigenvalue weighted by Crippen LogP contribution is 2.35. The maximum absolute atomic E-state index is 12.6. The van der Waals surface area contributed by atoms with Crippen LogP contribution >= 0.6 is 0 Å². The Labute approximate surface area is 147 Å². The van der Waals surface area contributed by atoms with E-state index in [4.69, 9.17) is 4.74 Å². The van der Waals surface area contributed by atoms with Gasteiger partial charge in [0.1, 0.15) is 0 Å². The van der Waals surface area contributed by atoms with Gasteiger partial charge in [0.05, 0.1) is 5.69 Å². The van der Waals surface area contributed by atoms with Crippen LogP contribution in [0.4, 0.5) is 10.5 Å². The molecule has 3 N–H and O–H groups in total. The zero-order valence-electron chi connectivity index (χ0n) is 14.3. The van der Waals surface area contributed by atoms with Crippen molar-refractivity contribution in [3.63, 3.8) is 0 Å². The first-order valence-electron chi connectivity index (χ1n) is 9.02. The molecule has 0 spiro atoms. The largest absolute Gasteiger partial charge is 0.396 e. The van der Waals surface area contributed by atoms with E-state index in [0.717, 1.165) is 36.8 Å². The highest BCUT2D eigenvalue weighted by molar-refractivity contribution is 6.04. The summed E-state index contributed by atoms with van der Waals surface area (Å²) in [6.45, 7) is 1.28. The summed E-state index contributed by atoms with van der Waals surface area (Å²) >= 11 is 0. The molecule has 0 radical (unpaired) electrons. The zero-order chi connectivity index (χ0) is 17.3. The van der Waals surface area contributed by atoms with E-state index in [1.54, 1.807) is 0 Å². The van der Waals surface area contributed by atoms with Gasteiger partial charge in [-0.3, -0.25) is 0 Å². The Kier molecular flexibility index (Phi) is 4.36. The lowest BCUT2D eigenvalue weighted by atomic mass is 9.87. The molecule has 1 heterocycles. The van der Waals surface area contributed by atoms with E-state index >= 15 is 0 Å². The number of hydrogen-bond donors (Lipinski definition) is 3. The number of hydrogen-bond acceptors (Lipinski definition) is 3. The Morgan fingerprint density at radius 2 is 1.88 bits per heavy atom. The van der Waals surface area contributed by atoms with E-state index in [9.17, 15) is 9.90 Å². The second kappa shape index (κ2) is 6.65. The predicted octanol–water partition coefficient (Wildman–Crippen LogP) is 2.99. The molecule has 2 aliphatic rings. The molecule has 5 heteroatoms. The SMILES string of the molecule is O=C(Nc1ccc2c3c(cccc13)CC2)NC1(CCO)CCOCC1. The topological polar surface area (TPSA) is 70.6 Å². The van der Waals surface area contributed by atoms with Crippen LogP contribution < -0.4 is 10.6 Å². The molecule has 0 saturated carbocycles. The van der Waals surface area contributed by atoms with Gasteiger partial charge in [0.15, 0.2) is 0 Å². The number of aryl methyl sites for hydroxylation is 2. The van der Waals surface area contributed by atoms with Crippen LogP contribution in [-0.4, -0.2) is 36.5 Å². The van der Waals surface area contributed by atoms with Gasteiger partial charge in [-0.15, -0.1) is 0 Å². The molecule has 2 amide bonds. The maximum Gasteiger partial charge on any atom is 0.319 e. The number of aliphatic hydroxyl groups excluding tert-OH is 1. The molecule has 1 aliphatic carbocycles. The summed E-state index contributed by atoms with van der Waals surface area (Å²) in [4.78, 5) is 12.6. The van der Waals surface area contributed by atoms with Crippen molar-refractivity contribution in [2.75, 3.05) is 25.1 Å². The van der Waals surface area contributed by atoms with Gasteiger partial charge in [-0.25, -0.2) is 4.79 Å². The smallest absolute Gasteiger partial charge is 0.319 e. The Hall–Kier alpha value is -2.11. The lowest BCUT2D eigenvalue weighted by Crippen LogP contribution is -2.53. The average Bonchev–Trinajstić information content (AvgIpc) is 3.03. The van der Waals surface area contributed by atoms with Crippen molar-refractivity contribution in [2.45, 2.75) is 37.6 Å². The minimum absolute atomic E-state index is 0.0568. The summed E-state index contributed by atoms with van der Waals surface area (Å²) in [5.41, 5.74) is 3.17. The van der Waals surface area contributed by atoms with E-state index in [-0.39, 0.29) is 18.2 Å². The van der Waals surface area contributed by atoms with Crippen molar-refractivity contribution in [2.24, 2.45) is 0 Å². The van der Waals surface area contributed by atoms with Crippen molar-refractivity contribution in [1.29, 1.82) is 0 Å². The summed E-state index contributed by atoms with van der Waals surface area (Å²) in [6.07, 6.45) is 4.15. The van der Waals surface area contributed by atoms with Crippen LogP contribution in [0, 0.1) is 0 Å². The van der Waals surface area contributed by atoms with Gasteiger partial charge in [-0.2, -0.15) is 0 Å². The third kappa shape index (κ3) is 3.10. The number of amides is 2. The normalized spacial score (nSPS) is 18.3. The van der Waals surface area contributed by atoms with Crippen molar-refractivity contribution >= 4 is 22.5 Å². The monoisotopic (exact) mass is 340 g/mol. The van der Waals surface area contributed by atoms with E-state index in [1.165, 1.54) is 16.5 Å². The Balaban J connectivity index is 1.56. The van der Waals surface area contributed by atoms with Gasteiger partial charge >= 0.3 is 6.03 Å². The number of urea groups is 1. The lowest BCUT2D eigenvalue weighted by Gasteiger charge is -2.37. The summed E-state index contributed by atoms with van der Waals surface area (Å²) in [6, 6.07) is 10.2. The Morgan fingerprint density at radius 1 is 1.12 bits per heavy atom. The van der Waals surface area contributed by atoms with Crippen molar-refractivity contribution in [3.05, 3.63) is 41.5 Å². The van der Waals surface area contributed by atoms with Gasteiger partial charge in [0.25, 0.3) is 0 Å². The molecular weight excluding hydrogens is 316 g/mol. The minimum atomic E-state index is -0.383.